The molecular weight excluding hydrogens is 210 g/mol. The lowest BCUT2D eigenvalue weighted by atomic mass is 10.0. The van der Waals surface area contributed by atoms with Gasteiger partial charge in [-0.15, -0.1) is 0 Å². The second-order valence-corrected chi connectivity index (χ2v) is 5.00. The minimum atomic E-state index is 0.144. The quantitative estimate of drug-likeness (QED) is 0.871. The standard InChI is InChI=1S/C14H17N3/c15-14(6-7-14)5-4-12-2-1-3-13(10-12)17-9-8-16-11-17/h1-3,8-11H,4-7,15H2. The number of imidazole rings is 1. The van der Waals surface area contributed by atoms with Crippen molar-refractivity contribution in [3.63, 3.8) is 0 Å². The molecule has 2 N–H and O–H groups in total. The van der Waals surface area contributed by atoms with E-state index in [-0.39, 0.29) is 5.54 Å². The molecule has 0 radical (unpaired) electrons. The Kier molecular flexibility index (Phi) is 2.48. The second-order valence-electron chi connectivity index (χ2n) is 5.00. The molecule has 0 atom stereocenters. The van der Waals surface area contributed by atoms with E-state index < -0.39 is 0 Å². The van der Waals surface area contributed by atoms with E-state index in [1.165, 1.54) is 24.1 Å². The largest absolute Gasteiger partial charge is 0.325 e. The summed E-state index contributed by atoms with van der Waals surface area (Å²) >= 11 is 0. The van der Waals surface area contributed by atoms with Gasteiger partial charge in [-0.05, 0) is 43.4 Å². The zero-order valence-corrected chi connectivity index (χ0v) is 9.84. The minimum Gasteiger partial charge on any atom is -0.325 e. The number of rotatable bonds is 4. The number of hydrogen-bond donors (Lipinski definition) is 1. The van der Waals surface area contributed by atoms with Gasteiger partial charge in [0.25, 0.3) is 0 Å². The average Bonchev–Trinajstić information content (AvgIpc) is 2.88. The molecule has 3 rings (SSSR count). The molecule has 0 spiro atoms. The Labute approximate surface area is 101 Å². The molecule has 88 valence electrons. The van der Waals surface area contributed by atoms with E-state index in [9.17, 15) is 0 Å². The van der Waals surface area contributed by atoms with Gasteiger partial charge < -0.3 is 10.3 Å². The fourth-order valence-corrected chi connectivity index (χ4v) is 2.09. The van der Waals surface area contributed by atoms with Crippen molar-refractivity contribution in [2.75, 3.05) is 0 Å². The number of nitrogens with zero attached hydrogens (tertiary/aromatic N) is 2. The Morgan fingerprint density at radius 2 is 2.24 bits per heavy atom. The molecule has 1 aromatic carbocycles. The van der Waals surface area contributed by atoms with Crippen molar-refractivity contribution in [2.45, 2.75) is 31.2 Å². The zero-order valence-electron chi connectivity index (χ0n) is 9.84. The van der Waals surface area contributed by atoms with Crippen LogP contribution in [-0.4, -0.2) is 15.1 Å². The van der Waals surface area contributed by atoms with Crippen LogP contribution in [0.4, 0.5) is 0 Å². The van der Waals surface area contributed by atoms with Crippen molar-refractivity contribution < 1.29 is 0 Å². The summed E-state index contributed by atoms with van der Waals surface area (Å²) in [5.74, 6) is 0. The number of hydrogen-bond acceptors (Lipinski definition) is 2. The summed E-state index contributed by atoms with van der Waals surface area (Å²) in [7, 11) is 0. The highest BCUT2D eigenvalue weighted by Gasteiger charge is 2.37. The van der Waals surface area contributed by atoms with E-state index in [4.69, 9.17) is 5.73 Å². The predicted molar refractivity (Wildman–Crippen MR) is 68.0 cm³/mol. The van der Waals surface area contributed by atoms with Crippen LogP contribution < -0.4 is 5.73 Å². The molecule has 0 unspecified atom stereocenters. The van der Waals surface area contributed by atoms with Crippen LogP contribution in [-0.2, 0) is 6.42 Å². The molecule has 0 amide bonds. The Morgan fingerprint density at radius 3 is 2.94 bits per heavy atom. The molecule has 1 aliphatic rings. The summed E-state index contributed by atoms with van der Waals surface area (Å²) in [6.07, 6.45) is 10.1. The van der Waals surface area contributed by atoms with Gasteiger partial charge in [0.15, 0.2) is 0 Å². The topological polar surface area (TPSA) is 43.8 Å². The molecule has 0 bridgehead atoms. The van der Waals surface area contributed by atoms with Gasteiger partial charge in [-0.3, -0.25) is 0 Å². The van der Waals surface area contributed by atoms with Crippen LogP contribution in [0.25, 0.3) is 5.69 Å². The highest BCUT2D eigenvalue weighted by atomic mass is 15.0. The van der Waals surface area contributed by atoms with Crippen LogP contribution >= 0.6 is 0 Å². The number of nitrogens with two attached hydrogens (primary N) is 1. The van der Waals surface area contributed by atoms with Gasteiger partial charge in [-0.2, -0.15) is 0 Å². The van der Waals surface area contributed by atoms with Gasteiger partial charge in [0.1, 0.15) is 0 Å². The van der Waals surface area contributed by atoms with E-state index in [1.807, 2.05) is 17.1 Å². The van der Waals surface area contributed by atoms with E-state index in [2.05, 4.69) is 29.2 Å². The average molecular weight is 227 g/mol. The second kappa shape index (κ2) is 4.00. The van der Waals surface area contributed by atoms with Crippen molar-refractivity contribution >= 4 is 0 Å². The molecule has 1 aromatic heterocycles. The molecule has 1 fully saturated rings. The van der Waals surface area contributed by atoms with Gasteiger partial charge in [0, 0.05) is 23.6 Å². The molecule has 1 saturated carbocycles. The first kappa shape index (κ1) is 10.5. The Hall–Kier alpha value is -1.61. The molecule has 3 heteroatoms. The van der Waals surface area contributed by atoms with Gasteiger partial charge in [0.05, 0.1) is 6.33 Å². The lowest BCUT2D eigenvalue weighted by molar-refractivity contribution is 0.609. The third-order valence-electron chi connectivity index (χ3n) is 3.52. The maximum absolute atomic E-state index is 6.11. The van der Waals surface area contributed by atoms with Crippen molar-refractivity contribution in [3.05, 3.63) is 48.5 Å². The smallest absolute Gasteiger partial charge is 0.0991 e. The normalized spacial score (nSPS) is 17.0. The van der Waals surface area contributed by atoms with Crippen LogP contribution in [0.3, 0.4) is 0 Å². The fourth-order valence-electron chi connectivity index (χ4n) is 2.09. The third-order valence-corrected chi connectivity index (χ3v) is 3.52. The minimum absolute atomic E-state index is 0.144. The molecule has 3 nitrogen and oxygen atoms in total. The number of aromatic nitrogens is 2. The van der Waals surface area contributed by atoms with Crippen molar-refractivity contribution in [1.29, 1.82) is 0 Å². The Morgan fingerprint density at radius 1 is 1.35 bits per heavy atom. The lowest BCUT2D eigenvalue weighted by Gasteiger charge is -2.09. The van der Waals surface area contributed by atoms with E-state index in [0.29, 0.717) is 0 Å². The number of aryl methyl sites for hydroxylation is 1. The molecule has 2 aromatic rings. The van der Waals surface area contributed by atoms with Crippen molar-refractivity contribution in [2.24, 2.45) is 5.73 Å². The van der Waals surface area contributed by atoms with E-state index in [1.54, 1.807) is 6.20 Å². The van der Waals surface area contributed by atoms with Crippen molar-refractivity contribution in [3.8, 4) is 5.69 Å². The van der Waals surface area contributed by atoms with Crippen LogP contribution in [0.1, 0.15) is 24.8 Å². The Bertz CT molecular complexity index is 498. The summed E-state index contributed by atoms with van der Waals surface area (Å²) in [5.41, 5.74) is 8.78. The van der Waals surface area contributed by atoms with E-state index >= 15 is 0 Å². The first-order chi connectivity index (χ1) is 8.25. The summed E-state index contributed by atoms with van der Waals surface area (Å²) in [4.78, 5) is 4.07. The van der Waals surface area contributed by atoms with Gasteiger partial charge >= 0.3 is 0 Å². The molecule has 0 aliphatic heterocycles. The van der Waals surface area contributed by atoms with Gasteiger partial charge in [0.2, 0.25) is 0 Å². The van der Waals surface area contributed by atoms with Crippen LogP contribution in [0.5, 0.6) is 0 Å². The summed E-state index contributed by atoms with van der Waals surface area (Å²) < 4.78 is 2.03. The first-order valence-electron chi connectivity index (χ1n) is 6.11. The monoisotopic (exact) mass is 227 g/mol. The van der Waals surface area contributed by atoms with Crippen molar-refractivity contribution in [1.82, 2.24) is 9.55 Å². The summed E-state index contributed by atoms with van der Waals surface area (Å²) in [6, 6.07) is 8.58. The highest BCUT2D eigenvalue weighted by molar-refractivity contribution is 5.36. The number of benzene rings is 1. The molecule has 0 saturated heterocycles. The molecule has 1 heterocycles. The molecular formula is C14H17N3. The SMILES string of the molecule is NC1(CCc2cccc(-n3ccnc3)c2)CC1. The van der Waals surface area contributed by atoms with Gasteiger partial charge in [-0.25, -0.2) is 4.98 Å². The fraction of sp³-hybridized carbons (Fsp3) is 0.357. The maximum Gasteiger partial charge on any atom is 0.0991 e. The summed E-state index contributed by atoms with van der Waals surface area (Å²) in [6.45, 7) is 0. The first-order valence-corrected chi connectivity index (χ1v) is 6.11. The summed E-state index contributed by atoms with van der Waals surface area (Å²) in [5, 5.41) is 0. The van der Waals surface area contributed by atoms with Crippen LogP contribution in [0.15, 0.2) is 43.0 Å². The molecule has 1 aliphatic carbocycles. The van der Waals surface area contributed by atoms with E-state index in [0.717, 1.165) is 12.8 Å². The van der Waals surface area contributed by atoms with Crippen LogP contribution in [0.2, 0.25) is 0 Å². The Balaban J connectivity index is 1.75. The maximum atomic E-state index is 6.11. The molecule has 17 heavy (non-hydrogen) atoms. The van der Waals surface area contributed by atoms with Gasteiger partial charge in [-0.1, -0.05) is 12.1 Å². The lowest BCUT2D eigenvalue weighted by Crippen LogP contribution is -2.22. The zero-order chi connectivity index (χ0) is 11.7. The highest BCUT2D eigenvalue weighted by Crippen LogP contribution is 2.36. The van der Waals surface area contributed by atoms with Crippen LogP contribution in [0, 0.1) is 0 Å². The third kappa shape index (κ3) is 2.39. The predicted octanol–water partition coefficient (Wildman–Crippen LogP) is 2.30.